The van der Waals surface area contributed by atoms with E-state index in [9.17, 15) is 9.50 Å². The van der Waals surface area contributed by atoms with Crippen molar-refractivity contribution < 1.29 is 14.2 Å². The van der Waals surface area contributed by atoms with E-state index in [0.29, 0.717) is 12.1 Å². The van der Waals surface area contributed by atoms with Gasteiger partial charge in [0.15, 0.2) is 0 Å². The van der Waals surface area contributed by atoms with Crippen LogP contribution in [-0.2, 0) is 11.2 Å². The van der Waals surface area contributed by atoms with Gasteiger partial charge in [-0.15, -0.1) is 0 Å². The van der Waals surface area contributed by atoms with Crippen molar-refractivity contribution in [1.82, 2.24) is 5.32 Å². The Morgan fingerprint density at radius 1 is 1.03 bits per heavy atom. The maximum Gasteiger partial charge on any atom is 0.147 e. The molecule has 0 saturated carbocycles. The number of ether oxygens (including phenoxy) is 1. The SMILES string of the molecule is N#Cc1cc(C(O)CNCCCCCCOCCCCc2ccccc2)cc(F)c1N. The Bertz CT molecular complexity index is 808. The number of aryl methyl sites for hydroxylation is 1. The number of aliphatic hydroxyl groups excluding tert-OH is 1. The summed E-state index contributed by atoms with van der Waals surface area (Å²) >= 11 is 0. The predicted octanol–water partition coefficient (Wildman–Crippen LogP) is 4.50. The van der Waals surface area contributed by atoms with Crippen LogP contribution < -0.4 is 11.1 Å². The summed E-state index contributed by atoms with van der Waals surface area (Å²) in [7, 11) is 0. The van der Waals surface area contributed by atoms with E-state index in [4.69, 9.17) is 15.7 Å². The average molecular weight is 428 g/mol. The van der Waals surface area contributed by atoms with Crippen molar-refractivity contribution in [3.05, 3.63) is 65.0 Å². The molecule has 0 aliphatic carbocycles. The van der Waals surface area contributed by atoms with E-state index >= 15 is 0 Å². The smallest absolute Gasteiger partial charge is 0.147 e. The first-order chi connectivity index (χ1) is 15.1. The summed E-state index contributed by atoms with van der Waals surface area (Å²) in [5.74, 6) is -0.675. The standard InChI is InChI=1S/C25H34FN3O2/c26-23-17-21(16-22(18-27)25(23)28)24(30)19-29-13-7-1-2-8-14-31-15-9-6-12-20-10-4-3-5-11-20/h3-5,10-11,16-17,24,29-30H,1-2,6-9,12-15,19,28H2. The molecule has 0 aliphatic rings. The highest BCUT2D eigenvalue weighted by atomic mass is 19.1. The third kappa shape index (κ3) is 9.48. The lowest BCUT2D eigenvalue weighted by Crippen LogP contribution is -2.22. The molecule has 0 heterocycles. The summed E-state index contributed by atoms with van der Waals surface area (Å²) in [5, 5.41) is 22.3. The third-order valence-corrected chi connectivity index (χ3v) is 5.23. The van der Waals surface area contributed by atoms with E-state index < -0.39 is 11.9 Å². The molecule has 0 fully saturated rings. The second kappa shape index (κ2) is 14.5. The molecular weight excluding hydrogens is 393 g/mol. The van der Waals surface area contributed by atoms with Crippen LogP contribution in [0.5, 0.6) is 0 Å². The largest absolute Gasteiger partial charge is 0.395 e. The number of unbranched alkanes of at least 4 members (excludes halogenated alkanes) is 4. The van der Waals surface area contributed by atoms with E-state index in [1.807, 2.05) is 12.1 Å². The van der Waals surface area contributed by atoms with E-state index in [2.05, 4.69) is 29.6 Å². The maximum absolute atomic E-state index is 13.7. The number of nitrogens with two attached hydrogens (primary N) is 1. The molecular formula is C25H34FN3O2. The van der Waals surface area contributed by atoms with Gasteiger partial charge in [0.05, 0.1) is 17.4 Å². The summed E-state index contributed by atoms with van der Waals surface area (Å²) in [6.07, 6.45) is 6.75. The lowest BCUT2D eigenvalue weighted by Gasteiger charge is -2.13. The Morgan fingerprint density at radius 2 is 1.74 bits per heavy atom. The number of nitriles is 1. The molecule has 2 aromatic rings. The van der Waals surface area contributed by atoms with Crippen LogP contribution in [0.25, 0.3) is 0 Å². The number of benzene rings is 2. The van der Waals surface area contributed by atoms with Gasteiger partial charge in [-0.25, -0.2) is 4.39 Å². The summed E-state index contributed by atoms with van der Waals surface area (Å²) in [4.78, 5) is 0. The van der Waals surface area contributed by atoms with Gasteiger partial charge < -0.3 is 20.9 Å². The van der Waals surface area contributed by atoms with Gasteiger partial charge in [0.1, 0.15) is 11.9 Å². The van der Waals surface area contributed by atoms with E-state index in [1.165, 1.54) is 17.7 Å². The van der Waals surface area contributed by atoms with E-state index in [-0.39, 0.29) is 11.3 Å². The minimum Gasteiger partial charge on any atom is -0.395 e. The van der Waals surface area contributed by atoms with Crippen LogP contribution in [0, 0.1) is 17.1 Å². The Morgan fingerprint density at radius 3 is 2.48 bits per heavy atom. The van der Waals surface area contributed by atoms with Crippen LogP contribution in [0.2, 0.25) is 0 Å². The number of hydrogen-bond donors (Lipinski definition) is 3. The number of hydrogen-bond acceptors (Lipinski definition) is 5. The maximum atomic E-state index is 13.7. The van der Waals surface area contributed by atoms with Crippen LogP contribution in [0.15, 0.2) is 42.5 Å². The van der Waals surface area contributed by atoms with Gasteiger partial charge in [0.2, 0.25) is 0 Å². The van der Waals surface area contributed by atoms with Crippen molar-refractivity contribution in [2.75, 3.05) is 32.0 Å². The van der Waals surface area contributed by atoms with Crippen LogP contribution in [0.4, 0.5) is 10.1 Å². The number of nitrogens with one attached hydrogen (secondary N) is 1. The fraction of sp³-hybridized carbons (Fsp3) is 0.480. The zero-order valence-corrected chi connectivity index (χ0v) is 18.2. The fourth-order valence-electron chi connectivity index (χ4n) is 3.37. The number of rotatable bonds is 15. The van der Waals surface area contributed by atoms with Crippen molar-refractivity contribution in [2.45, 2.75) is 51.0 Å². The first-order valence-corrected chi connectivity index (χ1v) is 11.1. The molecule has 31 heavy (non-hydrogen) atoms. The van der Waals surface area contributed by atoms with Crippen molar-refractivity contribution in [3.63, 3.8) is 0 Å². The van der Waals surface area contributed by atoms with Crippen LogP contribution in [-0.4, -0.2) is 31.4 Å². The average Bonchev–Trinajstić information content (AvgIpc) is 2.79. The first-order valence-electron chi connectivity index (χ1n) is 11.1. The zero-order chi connectivity index (χ0) is 22.3. The lowest BCUT2D eigenvalue weighted by atomic mass is 10.0. The topological polar surface area (TPSA) is 91.3 Å². The van der Waals surface area contributed by atoms with Crippen LogP contribution >= 0.6 is 0 Å². The molecule has 0 aliphatic heterocycles. The monoisotopic (exact) mass is 427 g/mol. The molecule has 4 N–H and O–H groups in total. The van der Waals surface area contributed by atoms with Gasteiger partial charge in [0.25, 0.3) is 0 Å². The van der Waals surface area contributed by atoms with Gasteiger partial charge in [-0.3, -0.25) is 0 Å². The molecule has 0 bridgehead atoms. The summed E-state index contributed by atoms with van der Waals surface area (Å²) in [5.41, 5.74) is 7.11. The molecule has 2 rings (SSSR count). The molecule has 2 aromatic carbocycles. The molecule has 1 atom stereocenters. The molecule has 0 radical (unpaired) electrons. The Labute approximate surface area is 185 Å². The Kier molecular flexibility index (Phi) is 11.6. The van der Waals surface area contributed by atoms with Gasteiger partial charge in [0, 0.05) is 19.8 Å². The second-order valence-corrected chi connectivity index (χ2v) is 7.76. The van der Waals surface area contributed by atoms with Gasteiger partial charge in [-0.05, 0) is 61.9 Å². The first kappa shape index (κ1) is 24.8. The number of halogens is 1. The lowest BCUT2D eigenvalue weighted by molar-refractivity contribution is 0.126. The summed E-state index contributed by atoms with van der Waals surface area (Å²) in [6.45, 7) is 2.72. The van der Waals surface area contributed by atoms with Gasteiger partial charge in [-0.1, -0.05) is 43.2 Å². The molecule has 0 spiro atoms. The predicted molar refractivity (Wildman–Crippen MR) is 122 cm³/mol. The molecule has 0 aromatic heterocycles. The molecule has 6 heteroatoms. The number of aliphatic hydroxyl groups is 1. The van der Waals surface area contributed by atoms with Crippen molar-refractivity contribution >= 4 is 5.69 Å². The van der Waals surface area contributed by atoms with Crippen molar-refractivity contribution in [2.24, 2.45) is 0 Å². The molecule has 1 unspecified atom stereocenters. The Hall–Kier alpha value is -2.46. The highest BCUT2D eigenvalue weighted by Gasteiger charge is 2.13. The number of nitrogens with zero attached hydrogens (tertiary/aromatic N) is 1. The molecule has 0 saturated heterocycles. The highest BCUT2D eigenvalue weighted by molar-refractivity contribution is 5.56. The second-order valence-electron chi connectivity index (χ2n) is 7.76. The minimum atomic E-state index is -0.877. The zero-order valence-electron chi connectivity index (χ0n) is 18.2. The summed E-state index contributed by atoms with van der Waals surface area (Å²) in [6, 6.07) is 15.0. The minimum absolute atomic E-state index is 0.0486. The normalized spacial score (nSPS) is 11.9. The quantitative estimate of drug-likeness (QED) is 0.287. The highest BCUT2D eigenvalue weighted by Crippen LogP contribution is 2.22. The third-order valence-electron chi connectivity index (χ3n) is 5.23. The van der Waals surface area contributed by atoms with Crippen molar-refractivity contribution in [3.8, 4) is 6.07 Å². The fourth-order valence-corrected chi connectivity index (χ4v) is 3.37. The van der Waals surface area contributed by atoms with Crippen LogP contribution in [0.3, 0.4) is 0 Å². The van der Waals surface area contributed by atoms with Crippen LogP contribution in [0.1, 0.15) is 61.3 Å². The summed E-state index contributed by atoms with van der Waals surface area (Å²) < 4.78 is 19.4. The van der Waals surface area contributed by atoms with E-state index in [0.717, 1.165) is 64.7 Å². The van der Waals surface area contributed by atoms with Gasteiger partial charge >= 0.3 is 0 Å². The van der Waals surface area contributed by atoms with E-state index in [1.54, 1.807) is 0 Å². The molecule has 168 valence electrons. The Balaban J connectivity index is 1.43. The number of nitrogen functional groups attached to an aromatic ring is 1. The van der Waals surface area contributed by atoms with Crippen molar-refractivity contribution in [1.29, 1.82) is 5.26 Å². The number of anilines is 1. The molecule has 0 amide bonds. The van der Waals surface area contributed by atoms with Gasteiger partial charge in [-0.2, -0.15) is 5.26 Å². The molecule has 5 nitrogen and oxygen atoms in total.